The zero-order chi connectivity index (χ0) is 20.5. The number of halogens is 1. The number of hydrogen-bond donors (Lipinski definition) is 1. The number of benzene rings is 2. The normalized spacial score (nSPS) is 10.5. The Hall–Kier alpha value is -2.97. The molecule has 0 radical (unpaired) electrons. The molecule has 0 fully saturated rings. The summed E-state index contributed by atoms with van der Waals surface area (Å²) in [6, 6.07) is 9.33. The molecule has 0 saturated carbocycles. The number of amides is 1. The molecule has 0 aliphatic carbocycles. The van der Waals surface area contributed by atoms with E-state index in [1.165, 1.54) is 11.8 Å². The monoisotopic (exact) mass is 398 g/mol. The molecular formula is C22H23ClN2O3. The van der Waals surface area contributed by atoms with Gasteiger partial charge in [-0.25, -0.2) is 5.43 Å². The van der Waals surface area contributed by atoms with E-state index in [4.69, 9.17) is 27.5 Å². The van der Waals surface area contributed by atoms with Crippen molar-refractivity contribution in [2.75, 3.05) is 13.2 Å². The molecule has 0 aromatic heterocycles. The van der Waals surface area contributed by atoms with Gasteiger partial charge < -0.3 is 9.47 Å². The van der Waals surface area contributed by atoms with Gasteiger partial charge >= 0.3 is 0 Å². The van der Waals surface area contributed by atoms with Crippen molar-refractivity contribution in [3.8, 4) is 23.8 Å². The highest BCUT2D eigenvalue weighted by Gasteiger charge is 2.12. The molecule has 0 aliphatic rings. The highest BCUT2D eigenvalue weighted by molar-refractivity contribution is 6.32. The van der Waals surface area contributed by atoms with Gasteiger partial charge in [-0.05, 0) is 55.2 Å². The molecule has 5 nitrogen and oxygen atoms in total. The van der Waals surface area contributed by atoms with Crippen LogP contribution in [0.25, 0.3) is 0 Å². The fourth-order valence-corrected chi connectivity index (χ4v) is 2.77. The van der Waals surface area contributed by atoms with E-state index < -0.39 is 0 Å². The Morgan fingerprint density at radius 3 is 2.71 bits per heavy atom. The molecule has 1 amide bonds. The van der Waals surface area contributed by atoms with Crippen molar-refractivity contribution in [1.82, 2.24) is 5.43 Å². The Morgan fingerprint density at radius 1 is 1.25 bits per heavy atom. The summed E-state index contributed by atoms with van der Waals surface area (Å²) in [5.74, 6) is 3.04. The van der Waals surface area contributed by atoms with Gasteiger partial charge in [-0.1, -0.05) is 35.7 Å². The zero-order valence-corrected chi connectivity index (χ0v) is 17.0. The largest absolute Gasteiger partial charge is 0.490 e. The number of terminal acetylenes is 1. The number of carbonyl (C=O) groups is 1. The van der Waals surface area contributed by atoms with Crippen LogP contribution < -0.4 is 14.9 Å². The molecule has 1 N–H and O–H groups in total. The van der Waals surface area contributed by atoms with E-state index in [1.807, 2.05) is 39.0 Å². The lowest BCUT2D eigenvalue weighted by Gasteiger charge is -2.12. The van der Waals surface area contributed by atoms with Crippen LogP contribution in [-0.2, 0) is 11.2 Å². The molecule has 0 spiro atoms. The number of carbonyl (C=O) groups excluding carboxylic acids is 1. The molecule has 0 heterocycles. The van der Waals surface area contributed by atoms with Crippen LogP contribution in [0.1, 0.15) is 29.2 Å². The van der Waals surface area contributed by atoms with Crippen LogP contribution >= 0.6 is 11.6 Å². The second-order valence-corrected chi connectivity index (χ2v) is 6.55. The maximum atomic E-state index is 12.1. The molecule has 0 bridgehead atoms. The third-order valence-corrected chi connectivity index (χ3v) is 4.25. The minimum Gasteiger partial charge on any atom is -0.490 e. The van der Waals surface area contributed by atoms with Gasteiger partial charge in [0.25, 0.3) is 0 Å². The Labute approximate surface area is 170 Å². The summed E-state index contributed by atoms with van der Waals surface area (Å²) in [5, 5.41) is 4.35. The number of nitrogens with zero attached hydrogens (tertiary/aromatic N) is 1. The molecule has 146 valence electrons. The molecule has 2 rings (SSSR count). The lowest BCUT2D eigenvalue weighted by molar-refractivity contribution is -0.120. The highest BCUT2D eigenvalue weighted by atomic mass is 35.5. The fraction of sp³-hybridized carbons (Fsp3) is 0.273. The van der Waals surface area contributed by atoms with E-state index in [1.54, 1.807) is 12.1 Å². The molecule has 0 saturated heterocycles. The zero-order valence-electron chi connectivity index (χ0n) is 16.2. The minimum atomic E-state index is -0.204. The Morgan fingerprint density at radius 2 is 2.04 bits per heavy atom. The second kappa shape index (κ2) is 10.4. The molecule has 28 heavy (non-hydrogen) atoms. The summed E-state index contributed by atoms with van der Waals surface area (Å²) in [6.07, 6.45) is 6.97. The van der Waals surface area contributed by atoms with E-state index in [-0.39, 0.29) is 18.9 Å². The first-order valence-electron chi connectivity index (χ1n) is 8.85. The summed E-state index contributed by atoms with van der Waals surface area (Å²) in [7, 11) is 0. The van der Waals surface area contributed by atoms with Crippen LogP contribution in [0.3, 0.4) is 0 Å². The number of rotatable bonds is 8. The van der Waals surface area contributed by atoms with Crippen molar-refractivity contribution in [2.24, 2.45) is 5.10 Å². The van der Waals surface area contributed by atoms with Crippen molar-refractivity contribution in [3.05, 3.63) is 57.6 Å². The first-order valence-corrected chi connectivity index (χ1v) is 9.23. The summed E-state index contributed by atoms with van der Waals surface area (Å²) in [4.78, 5) is 12.1. The third kappa shape index (κ3) is 6.04. The van der Waals surface area contributed by atoms with E-state index in [0.29, 0.717) is 28.7 Å². The molecule has 0 aliphatic heterocycles. The van der Waals surface area contributed by atoms with Gasteiger partial charge in [-0.3, -0.25) is 4.79 Å². The lowest BCUT2D eigenvalue weighted by atomic mass is 10.0. The predicted molar refractivity (Wildman–Crippen MR) is 112 cm³/mol. The number of hydrazone groups is 1. The summed E-state index contributed by atoms with van der Waals surface area (Å²) in [5.41, 5.74) is 6.47. The Kier molecular flexibility index (Phi) is 7.91. The highest BCUT2D eigenvalue weighted by Crippen LogP contribution is 2.36. The van der Waals surface area contributed by atoms with Crippen LogP contribution in [0, 0.1) is 26.2 Å². The molecule has 0 atom stereocenters. The standard InChI is InChI=1S/C22H23ClN2O3/c1-5-9-28-22-19(23)11-18(12-20(22)27-6-2)14-24-25-21(26)13-17-8-7-15(3)16(4)10-17/h1,7-8,10-12,14H,6,9,13H2,2-4H3,(H,25,26)/b24-14+. The average molecular weight is 399 g/mol. The van der Waals surface area contributed by atoms with Crippen molar-refractivity contribution in [3.63, 3.8) is 0 Å². The maximum Gasteiger partial charge on any atom is 0.244 e. The second-order valence-electron chi connectivity index (χ2n) is 6.14. The van der Waals surface area contributed by atoms with Crippen molar-refractivity contribution in [2.45, 2.75) is 27.2 Å². The van der Waals surface area contributed by atoms with Gasteiger partial charge in [-0.2, -0.15) is 5.10 Å². The first kappa shape index (κ1) is 21.3. The molecule has 2 aromatic carbocycles. The number of hydrogen-bond acceptors (Lipinski definition) is 4. The fourth-order valence-electron chi connectivity index (χ4n) is 2.50. The van der Waals surface area contributed by atoms with Crippen molar-refractivity contribution >= 4 is 23.7 Å². The van der Waals surface area contributed by atoms with E-state index >= 15 is 0 Å². The van der Waals surface area contributed by atoms with Gasteiger partial charge in [0.15, 0.2) is 11.5 Å². The van der Waals surface area contributed by atoms with Gasteiger partial charge in [0, 0.05) is 0 Å². The van der Waals surface area contributed by atoms with Gasteiger partial charge in [0.1, 0.15) is 6.61 Å². The summed E-state index contributed by atoms with van der Waals surface area (Å²) < 4.78 is 11.0. The third-order valence-electron chi connectivity index (χ3n) is 3.97. The molecule has 6 heteroatoms. The smallest absolute Gasteiger partial charge is 0.244 e. The number of ether oxygens (including phenoxy) is 2. The Balaban J connectivity index is 2.05. The van der Waals surface area contributed by atoms with Gasteiger partial charge in [-0.15, -0.1) is 6.42 Å². The van der Waals surface area contributed by atoms with Crippen LogP contribution in [0.5, 0.6) is 11.5 Å². The molecular weight excluding hydrogens is 376 g/mol. The van der Waals surface area contributed by atoms with Crippen LogP contribution in [0.4, 0.5) is 0 Å². The summed E-state index contributed by atoms with van der Waals surface area (Å²) in [6.45, 7) is 6.43. The Bertz CT molecular complexity index is 917. The quantitative estimate of drug-likeness (QED) is 0.414. The SMILES string of the molecule is C#CCOc1c(Cl)cc(/C=N/NC(=O)Cc2ccc(C)c(C)c2)cc1OCC. The maximum absolute atomic E-state index is 12.1. The first-order chi connectivity index (χ1) is 13.4. The van der Waals surface area contributed by atoms with E-state index in [2.05, 4.69) is 16.4 Å². The molecule has 2 aromatic rings. The lowest BCUT2D eigenvalue weighted by Crippen LogP contribution is -2.19. The average Bonchev–Trinajstić information content (AvgIpc) is 2.64. The summed E-state index contributed by atoms with van der Waals surface area (Å²) >= 11 is 6.26. The van der Waals surface area contributed by atoms with Crippen molar-refractivity contribution in [1.29, 1.82) is 0 Å². The topological polar surface area (TPSA) is 59.9 Å². The minimum absolute atomic E-state index is 0.0851. The van der Waals surface area contributed by atoms with Gasteiger partial charge in [0.2, 0.25) is 5.91 Å². The molecule has 0 unspecified atom stereocenters. The van der Waals surface area contributed by atoms with Crippen LogP contribution in [0.15, 0.2) is 35.4 Å². The van der Waals surface area contributed by atoms with Crippen molar-refractivity contribution < 1.29 is 14.3 Å². The van der Waals surface area contributed by atoms with Gasteiger partial charge in [0.05, 0.1) is 24.3 Å². The van der Waals surface area contributed by atoms with Crippen LogP contribution in [-0.4, -0.2) is 25.3 Å². The van der Waals surface area contributed by atoms with E-state index in [0.717, 1.165) is 11.1 Å². The number of nitrogens with one attached hydrogen (secondary N) is 1. The van der Waals surface area contributed by atoms with Crippen LogP contribution in [0.2, 0.25) is 5.02 Å². The predicted octanol–water partition coefficient (Wildman–Crippen LogP) is 4.06. The number of aryl methyl sites for hydroxylation is 2. The van der Waals surface area contributed by atoms with E-state index in [9.17, 15) is 4.79 Å².